The van der Waals surface area contributed by atoms with Gasteiger partial charge in [0.05, 0.1) is 0 Å². The molecule has 0 aliphatic carbocycles. The first kappa shape index (κ1) is 16.6. The Hall–Kier alpha value is -1.75. The number of hydrogen-bond acceptors (Lipinski definition) is 3. The number of piperidine rings is 1. The Morgan fingerprint density at radius 3 is 2.41 bits per heavy atom. The van der Waals surface area contributed by atoms with E-state index in [4.69, 9.17) is 5.73 Å². The predicted octanol–water partition coefficient (Wildman–Crippen LogP) is 2.38. The van der Waals surface area contributed by atoms with Crippen LogP contribution in [0.5, 0.6) is 0 Å². The summed E-state index contributed by atoms with van der Waals surface area (Å²) in [6.45, 7) is 2.81. The zero-order chi connectivity index (χ0) is 15.9. The van der Waals surface area contributed by atoms with Crippen LogP contribution < -0.4 is 5.73 Å². The third-order valence-electron chi connectivity index (χ3n) is 4.24. The molecule has 1 amide bonds. The molecule has 0 atom stereocenters. The molecule has 0 unspecified atom stereocenters. The molecule has 1 heterocycles. The molecule has 1 aromatic rings. The van der Waals surface area contributed by atoms with Gasteiger partial charge >= 0.3 is 0 Å². The fourth-order valence-corrected chi connectivity index (χ4v) is 2.94. The predicted molar refractivity (Wildman–Crippen MR) is 82.9 cm³/mol. The quantitative estimate of drug-likeness (QED) is 0.787. The smallest absolute Gasteiger partial charge is 0.217 e. The van der Waals surface area contributed by atoms with Crippen LogP contribution in [0.2, 0.25) is 0 Å². The molecule has 0 spiro atoms. The highest BCUT2D eigenvalue weighted by Gasteiger charge is 2.20. The summed E-state index contributed by atoms with van der Waals surface area (Å²) in [6, 6.07) is 5.70. The summed E-state index contributed by atoms with van der Waals surface area (Å²) in [5.41, 5.74) is 5.79. The molecule has 22 heavy (non-hydrogen) atoms. The van der Waals surface area contributed by atoms with Crippen LogP contribution >= 0.6 is 0 Å². The van der Waals surface area contributed by atoms with E-state index in [9.17, 15) is 14.0 Å². The second-order valence-electron chi connectivity index (χ2n) is 5.99. The minimum atomic E-state index is -0.324. The normalized spacial score (nSPS) is 16.6. The third kappa shape index (κ3) is 5.22. The summed E-state index contributed by atoms with van der Waals surface area (Å²) in [4.78, 5) is 25.2. The second kappa shape index (κ2) is 8.03. The zero-order valence-electron chi connectivity index (χ0n) is 12.8. The summed E-state index contributed by atoms with van der Waals surface area (Å²) < 4.78 is 12.8. The Kier molecular flexibility index (Phi) is 6.07. The molecule has 0 bridgehead atoms. The van der Waals surface area contributed by atoms with Crippen molar-refractivity contribution in [1.82, 2.24) is 4.90 Å². The van der Waals surface area contributed by atoms with Crippen molar-refractivity contribution < 1.29 is 14.0 Å². The van der Waals surface area contributed by atoms with Gasteiger partial charge in [-0.05, 0) is 69.1 Å². The van der Waals surface area contributed by atoms with E-state index in [1.165, 1.54) is 24.3 Å². The molecule has 0 saturated carbocycles. The molecule has 1 fully saturated rings. The number of halogens is 1. The largest absolute Gasteiger partial charge is 0.370 e. The van der Waals surface area contributed by atoms with Gasteiger partial charge in [0.25, 0.3) is 0 Å². The maximum absolute atomic E-state index is 12.8. The van der Waals surface area contributed by atoms with Crippen LogP contribution in [0.25, 0.3) is 0 Å². The lowest BCUT2D eigenvalue weighted by Crippen LogP contribution is -2.35. The Labute approximate surface area is 130 Å². The van der Waals surface area contributed by atoms with E-state index in [0.29, 0.717) is 24.3 Å². The van der Waals surface area contributed by atoms with Crippen LogP contribution in [0.15, 0.2) is 24.3 Å². The molecule has 1 saturated heterocycles. The Morgan fingerprint density at radius 2 is 1.82 bits per heavy atom. The van der Waals surface area contributed by atoms with E-state index >= 15 is 0 Å². The van der Waals surface area contributed by atoms with E-state index in [1.54, 1.807) is 0 Å². The van der Waals surface area contributed by atoms with Crippen molar-refractivity contribution in [2.24, 2.45) is 11.7 Å². The van der Waals surface area contributed by atoms with E-state index in [2.05, 4.69) is 4.90 Å². The number of Topliss-reactive ketones (excluding diaryl/α,β-unsaturated/α-hetero) is 1. The Morgan fingerprint density at radius 1 is 1.18 bits per heavy atom. The number of ketones is 1. The monoisotopic (exact) mass is 306 g/mol. The van der Waals surface area contributed by atoms with E-state index in [-0.39, 0.29) is 17.5 Å². The van der Waals surface area contributed by atoms with Crippen molar-refractivity contribution in [2.45, 2.75) is 32.1 Å². The summed E-state index contributed by atoms with van der Waals surface area (Å²) in [5.74, 6) is -0.0723. The minimum absolute atomic E-state index is 0.0589. The number of carbonyl (C=O) groups excluding carboxylic acids is 2. The highest BCUT2D eigenvalue weighted by atomic mass is 19.1. The lowest BCUT2D eigenvalue weighted by molar-refractivity contribution is -0.119. The van der Waals surface area contributed by atoms with Crippen molar-refractivity contribution in [1.29, 1.82) is 0 Å². The van der Waals surface area contributed by atoms with Gasteiger partial charge in [-0.2, -0.15) is 0 Å². The fourth-order valence-electron chi connectivity index (χ4n) is 2.94. The van der Waals surface area contributed by atoms with Gasteiger partial charge in [0.15, 0.2) is 5.78 Å². The number of carbonyl (C=O) groups is 2. The van der Waals surface area contributed by atoms with Gasteiger partial charge in [0.2, 0.25) is 5.91 Å². The Bertz CT molecular complexity index is 508. The van der Waals surface area contributed by atoms with Crippen molar-refractivity contribution in [3.63, 3.8) is 0 Å². The molecular weight excluding hydrogens is 283 g/mol. The number of primary amides is 1. The summed E-state index contributed by atoms with van der Waals surface area (Å²) >= 11 is 0. The maximum Gasteiger partial charge on any atom is 0.217 e. The number of likely N-dealkylation sites (tertiary alicyclic amines) is 1. The molecule has 2 N–H and O–H groups in total. The number of nitrogens with two attached hydrogens (primary N) is 1. The zero-order valence-corrected chi connectivity index (χ0v) is 12.8. The molecule has 2 rings (SSSR count). The van der Waals surface area contributed by atoms with Crippen molar-refractivity contribution >= 4 is 11.7 Å². The fraction of sp³-hybridized carbons (Fsp3) is 0.529. The first-order valence-electron chi connectivity index (χ1n) is 7.84. The number of nitrogens with zero attached hydrogens (tertiary/aromatic N) is 1. The molecule has 1 aliphatic rings. The molecule has 4 nitrogen and oxygen atoms in total. The van der Waals surface area contributed by atoms with Crippen LogP contribution in [-0.2, 0) is 4.79 Å². The molecular formula is C17H23FN2O2. The highest BCUT2D eigenvalue weighted by molar-refractivity contribution is 5.95. The van der Waals surface area contributed by atoms with Crippen LogP contribution in [0, 0.1) is 11.7 Å². The lowest BCUT2D eigenvalue weighted by Gasteiger charge is -2.31. The lowest BCUT2D eigenvalue weighted by atomic mass is 9.93. The van der Waals surface area contributed by atoms with Crippen LogP contribution in [-0.4, -0.2) is 36.2 Å². The Balaban J connectivity index is 1.66. The number of benzene rings is 1. The minimum Gasteiger partial charge on any atom is -0.370 e. The molecule has 5 heteroatoms. The third-order valence-corrected chi connectivity index (χ3v) is 4.24. The van der Waals surface area contributed by atoms with E-state index in [1.807, 2.05) is 0 Å². The van der Waals surface area contributed by atoms with Gasteiger partial charge in [0, 0.05) is 18.4 Å². The average molecular weight is 306 g/mol. The molecule has 1 aromatic carbocycles. The van der Waals surface area contributed by atoms with E-state index < -0.39 is 0 Å². The van der Waals surface area contributed by atoms with Crippen molar-refractivity contribution in [3.8, 4) is 0 Å². The standard InChI is InChI=1S/C17H23FN2O2/c18-15-5-3-14(4-6-15)16(21)2-1-9-20-10-7-13(8-11-20)12-17(19)22/h3-6,13H,1-2,7-12H2,(H2,19,22). The van der Waals surface area contributed by atoms with Crippen LogP contribution in [0.3, 0.4) is 0 Å². The molecule has 0 aromatic heterocycles. The molecule has 0 radical (unpaired) electrons. The van der Waals surface area contributed by atoms with E-state index in [0.717, 1.165) is 38.9 Å². The van der Waals surface area contributed by atoms with Gasteiger partial charge in [-0.3, -0.25) is 9.59 Å². The van der Waals surface area contributed by atoms with Gasteiger partial charge in [-0.1, -0.05) is 0 Å². The second-order valence-corrected chi connectivity index (χ2v) is 5.99. The topological polar surface area (TPSA) is 63.4 Å². The van der Waals surface area contributed by atoms with Gasteiger partial charge in [-0.25, -0.2) is 4.39 Å². The number of rotatable bonds is 7. The first-order chi connectivity index (χ1) is 10.5. The van der Waals surface area contributed by atoms with Crippen molar-refractivity contribution in [3.05, 3.63) is 35.6 Å². The summed E-state index contributed by atoms with van der Waals surface area (Å²) in [5, 5.41) is 0. The van der Waals surface area contributed by atoms with Crippen LogP contribution in [0.1, 0.15) is 42.5 Å². The van der Waals surface area contributed by atoms with Gasteiger partial charge < -0.3 is 10.6 Å². The average Bonchev–Trinajstić information content (AvgIpc) is 2.49. The molecule has 1 aliphatic heterocycles. The first-order valence-corrected chi connectivity index (χ1v) is 7.84. The van der Waals surface area contributed by atoms with Crippen LogP contribution in [0.4, 0.5) is 4.39 Å². The summed E-state index contributed by atoms with van der Waals surface area (Å²) in [6.07, 6.45) is 3.75. The van der Waals surface area contributed by atoms with Crippen molar-refractivity contribution in [2.75, 3.05) is 19.6 Å². The van der Waals surface area contributed by atoms with Gasteiger partial charge in [-0.15, -0.1) is 0 Å². The maximum atomic E-state index is 12.8. The number of amides is 1. The van der Waals surface area contributed by atoms with Gasteiger partial charge in [0.1, 0.15) is 5.82 Å². The highest BCUT2D eigenvalue weighted by Crippen LogP contribution is 2.20. The summed E-state index contributed by atoms with van der Waals surface area (Å²) in [7, 11) is 0. The SMILES string of the molecule is NC(=O)CC1CCN(CCCC(=O)c2ccc(F)cc2)CC1. The molecule has 120 valence electrons. The number of hydrogen-bond donors (Lipinski definition) is 1.